The van der Waals surface area contributed by atoms with Crippen LogP contribution in [0.3, 0.4) is 0 Å². The summed E-state index contributed by atoms with van der Waals surface area (Å²) < 4.78 is 42.6. The van der Waals surface area contributed by atoms with Gasteiger partial charge in [0.15, 0.2) is 34.6 Å². The second kappa shape index (κ2) is 4.48. The molecule has 0 radical (unpaired) electrons. The fraction of sp³-hybridized carbons (Fsp3) is 0.167. The molecule has 3 rings (SSSR count). The number of aromatic nitrogens is 1. The van der Waals surface area contributed by atoms with Crippen LogP contribution in [0.4, 0.5) is 8.78 Å². The molecule has 0 bridgehead atoms. The van der Waals surface area contributed by atoms with Crippen LogP contribution in [0, 0.1) is 11.6 Å². The second-order valence-corrected chi connectivity index (χ2v) is 3.95. The number of ether oxygens (including phenoxy) is 2. The van der Waals surface area contributed by atoms with Gasteiger partial charge >= 0.3 is 5.97 Å². The molecule has 1 N–H and O–H groups in total. The van der Waals surface area contributed by atoms with E-state index in [1.54, 1.807) is 0 Å². The average Bonchev–Trinajstić information content (AvgIpc) is 2.90. The minimum Gasteiger partial charge on any atom is -0.486 e. The van der Waals surface area contributed by atoms with Gasteiger partial charge in [-0.2, -0.15) is 0 Å². The normalized spacial score (nSPS) is 13.3. The van der Waals surface area contributed by atoms with E-state index >= 15 is 0 Å². The van der Waals surface area contributed by atoms with Crippen molar-refractivity contribution in [2.24, 2.45) is 0 Å². The Morgan fingerprint density at radius 3 is 2.70 bits per heavy atom. The third-order valence-corrected chi connectivity index (χ3v) is 2.70. The molecule has 0 aliphatic carbocycles. The molecule has 6 nitrogen and oxygen atoms in total. The fourth-order valence-electron chi connectivity index (χ4n) is 1.85. The van der Waals surface area contributed by atoms with Gasteiger partial charge in [0.05, 0.1) is 0 Å². The smallest absolute Gasteiger partial charge is 0.358 e. The Morgan fingerprint density at radius 2 is 2.00 bits per heavy atom. The van der Waals surface area contributed by atoms with Gasteiger partial charge in [-0.25, -0.2) is 13.6 Å². The molecule has 0 saturated carbocycles. The van der Waals surface area contributed by atoms with Crippen molar-refractivity contribution in [1.29, 1.82) is 0 Å². The van der Waals surface area contributed by atoms with E-state index in [2.05, 4.69) is 5.16 Å². The molecule has 104 valence electrons. The van der Waals surface area contributed by atoms with E-state index in [4.69, 9.17) is 19.1 Å². The first-order chi connectivity index (χ1) is 9.58. The first kappa shape index (κ1) is 12.4. The Balaban J connectivity index is 2.20. The summed E-state index contributed by atoms with van der Waals surface area (Å²) in [6.07, 6.45) is 0. The Labute approximate surface area is 110 Å². The van der Waals surface area contributed by atoms with E-state index < -0.39 is 23.3 Å². The zero-order chi connectivity index (χ0) is 14.3. The number of rotatable bonds is 2. The highest BCUT2D eigenvalue weighted by Crippen LogP contribution is 2.43. The number of carboxylic acids is 1. The summed E-state index contributed by atoms with van der Waals surface area (Å²) in [4.78, 5) is 10.7. The lowest BCUT2D eigenvalue weighted by Gasteiger charge is -2.20. The number of carbonyl (C=O) groups is 1. The van der Waals surface area contributed by atoms with Crippen LogP contribution in [0.2, 0.25) is 0 Å². The monoisotopic (exact) mass is 283 g/mol. The summed E-state index contributed by atoms with van der Waals surface area (Å²) in [7, 11) is 0. The van der Waals surface area contributed by atoms with Gasteiger partial charge in [0.25, 0.3) is 0 Å². The number of aromatic carboxylic acids is 1. The van der Waals surface area contributed by atoms with Gasteiger partial charge < -0.3 is 19.1 Å². The van der Waals surface area contributed by atoms with Crippen LogP contribution >= 0.6 is 0 Å². The van der Waals surface area contributed by atoms with E-state index in [1.165, 1.54) is 0 Å². The second-order valence-electron chi connectivity index (χ2n) is 3.95. The van der Waals surface area contributed by atoms with Crippen LogP contribution in [0.1, 0.15) is 10.5 Å². The molecule has 0 saturated heterocycles. The molecule has 0 unspecified atom stereocenters. The van der Waals surface area contributed by atoms with Crippen molar-refractivity contribution in [3.63, 3.8) is 0 Å². The summed E-state index contributed by atoms with van der Waals surface area (Å²) in [5, 5.41) is 12.0. The van der Waals surface area contributed by atoms with Crippen molar-refractivity contribution in [2.75, 3.05) is 13.2 Å². The number of nitrogens with zero attached hydrogens (tertiary/aromatic N) is 1. The molecule has 1 aliphatic rings. The maximum atomic E-state index is 13.9. The highest BCUT2D eigenvalue weighted by atomic mass is 19.2. The van der Waals surface area contributed by atoms with E-state index in [-0.39, 0.29) is 36.0 Å². The Bertz CT molecular complexity index is 697. The van der Waals surface area contributed by atoms with Gasteiger partial charge in [0.1, 0.15) is 18.8 Å². The van der Waals surface area contributed by atoms with Gasteiger partial charge in [-0.1, -0.05) is 5.16 Å². The molecule has 0 fully saturated rings. The van der Waals surface area contributed by atoms with Gasteiger partial charge in [-0.05, 0) is 0 Å². The summed E-state index contributed by atoms with van der Waals surface area (Å²) in [6.45, 7) is 0.360. The average molecular weight is 283 g/mol. The molecule has 8 heteroatoms. The number of fused-ring (bicyclic) bond motifs is 1. The van der Waals surface area contributed by atoms with Crippen molar-refractivity contribution >= 4 is 5.97 Å². The first-order valence-electron chi connectivity index (χ1n) is 5.56. The summed E-state index contributed by atoms with van der Waals surface area (Å²) >= 11 is 0. The lowest BCUT2D eigenvalue weighted by atomic mass is 10.1. The first-order valence-corrected chi connectivity index (χ1v) is 5.56. The van der Waals surface area contributed by atoms with Crippen molar-refractivity contribution in [1.82, 2.24) is 5.16 Å². The van der Waals surface area contributed by atoms with Crippen molar-refractivity contribution in [3.05, 3.63) is 29.5 Å². The molecule has 1 aromatic heterocycles. The molecule has 0 spiro atoms. The third kappa shape index (κ3) is 1.85. The zero-order valence-corrected chi connectivity index (χ0v) is 9.85. The van der Waals surface area contributed by atoms with Gasteiger partial charge in [0, 0.05) is 12.1 Å². The molecule has 1 aliphatic heterocycles. The predicted octanol–water partition coefficient (Wildman–Crippen LogP) is 2.09. The molecule has 20 heavy (non-hydrogen) atoms. The summed E-state index contributed by atoms with van der Waals surface area (Å²) in [5.74, 6) is -3.98. The van der Waals surface area contributed by atoms with Crippen LogP contribution in [-0.4, -0.2) is 29.4 Å². The lowest BCUT2D eigenvalue weighted by molar-refractivity contribution is 0.0686. The van der Waals surface area contributed by atoms with Crippen LogP contribution < -0.4 is 9.47 Å². The van der Waals surface area contributed by atoms with Crippen LogP contribution in [0.15, 0.2) is 16.7 Å². The van der Waals surface area contributed by atoms with E-state index in [9.17, 15) is 13.6 Å². The zero-order valence-electron chi connectivity index (χ0n) is 9.85. The van der Waals surface area contributed by atoms with Crippen molar-refractivity contribution in [3.8, 4) is 22.8 Å². The number of halogens is 2. The van der Waals surface area contributed by atoms with Gasteiger partial charge in [-0.3, -0.25) is 0 Å². The highest BCUT2D eigenvalue weighted by Gasteiger charge is 2.28. The molecular formula is C12H7F2NO5. The molecule has 0 amide bonds. The maximum absolute atomic E-state index is 13.9. The Hall–Kier alpha value is -2.64. The summed E-state index contributed by atoms with van der Waals surface area (Å²) in [6, 6.07) is 1.85. The van der Waals surface area contributed by atoms with Crippen molar-refractivity contribution in [2.45, 2.75) is 0 Å². The van der Waals surface area contributed by atoms with E-state index in [1.807, 2.05) is 0 Å². The minimum atomic E-state index is -1.34. The van der Waals surface area contributed by atoms with Crippen LogP contribution in [-0.2, 0) is 0 Å². The third-order valence-electron chi connectivity index (χ3n) is 2.70. The molecule has 0 atom stereocenters. The quantitative estimate of drug-likeness (QED) is 0.908. The Morgan fingerprint density at radius 1 is 1.25 bits per heavy atom. The van der Waals surface area contributed by atoms with Crippen LogP contribution in [0.25, 0.3) is 11.3 Å². The minimum absolute atomic E-state index is 0.0263. The number of carboxylic acid groups (broad SMARTS) is 1. The van der Waals surface area contributed by atoms with Gasteiger partial charge in [-0.15, -0.1) is 0 Å². The largest absolute Gasteiger partial charge is 0.486 e. The van der Waals surface area contributed by atoms with E-state index in [0.717, 1.165) is 12.1 Å². The highest BCUT2D eigenvalue weighted by molar-refractivity contribution is 5.87. The molecule has 2 aromatic rings. The van der Waals surface area contributed by atoms with E-state index in [0.29, 0.717) is 0 Å². The maximum Gasteiger partial charge on any atom is 0.358 e. The topological polar surface area (TPSA) is 81.8 Å². The standard InChI is InChI=1S/C12H7F2NO5/c13-5-3-8-11(19-2-1-18-8)9(10(5)14)7-4-6(12(16)17)15-20-7/h3-4H,1-2H2,(H,16,17). The van der Waals surface area contributed by atoms with Gasteiger partial charge in [0.2, 0.25) is 0 Å². The molecular weight excluding hydrogens is 276 g/mol. The predicted molar refractivity (Wildman–Crippen MR) is 59.8 cm³/mol. The molecule has 1 aromatic carbocycles. The summed E-state index contributed by atoms with van der Waals surface area (Å²) in [5.41, 5.74) is -0.770. The van der Waals surface area contributed by atoms with Crippen molar-refractivity contribution < 1.29 is 32.7 Å². The number of benzene rings is 1. The number of hydrogen-bond acceptors (Lipinski definition) is 5. The Kier molecular flexibility index (Phi) is 2.78. The lowest BCUT2D eigenvalue weighted by Crippen LogP contribution is -2.17. The SMILES string of the molecule is O=C(O)c1cc(-c2c(F)c(F)cc3c2OCCO3)on1. The number of hydrogen-bond donors (Lipinski definition) is 1. The molecule has 2 heterocycles. The van der Waals surface area contributed by atoms with Crippen LogP contribution in [0.5, 0.6) is 11.5 Å². The fourth-order valence-corrected chi connectivity index (χ4v) is 1.85.